The third-order valence-electron chi connectivity index (χ3n) is 6.91. The SMILES string of the molecule is CC1(C)Cc2c(cnn2-c2ccncc2)CN(C(=O)C2CC3CCCCN3C2)C1. The zero-order valence-electron chi connectivity index (χ0n) is 17.5. The van der Waals surface area contributed by atoms with Crippen molar-refractivity contribution in [1.29, 1.82) is 0 Å². The Morgan fingerprint density at radius 2 is 2.03 bits per heavy atom. The van der Waals surface area contributed by atoms with Crippen LogP contribution in [0.1, 0.15) is 50.8 Å². The third-order valence-corrected chi connectivity index (χ3v) is 6.91. The Kier molecular flexibility index (Phi) is 4.69. The number of aromatic nitrogens is 3. The highest BCUT2D eigenvalue weighted by Gasteiger charge is 2.41. The van der Waals surface area contributed by atoms with E-state index in [9.17, 15) is 4.79 Å². The fourth-order valence-electron chi connectivity index (χ4n) is 5.57. The molecule has 0 spiro atoms. The molecule has 2 atom stereocenters. The van der Waals surface area contributed by atoms with Gasteiger partial charge >= 0.3 is 0 Å². The van der Waals surface area contributed by atoms with Crippen LogP contribution in [0.25, 0.3) is 5.69 Å². The highest BCUT2D eigenvalue weighted by molar-refractivity contribution is 5.79. The highest BCUT2D eigenvalue weighted by atomic mass is 16.2. The number of fused-ring (bicyclic) bond motifs is 2. The number of piperidine rings is 1. The van der Waals surface area contributed by atoms with Gasteiger partial charge in [-0.25, -0.2) is 4.68 Å². The van der Waals surface area contributed by atoms with Gasteiger partial charge in [-0.2, -0.15) is 5.10 Å². The minimum Gasteiger partial charge on any atom is -0.337 e. The average Bonchev–Trinajstić information content (AvgIpc) is 3.28. The fourth-order valence-corrected chi connectivity index (χ4v) is 5.57. The lowest BCUT2D eigenvalue weighted by molar-refractivity contribution is -0.137. The first kappa shape index (κ1) is 18.8. The summed E-state index contributed by atoms with van der Waals surface area (Å²) in [5.74, 6) is 0.502. The van der Waals surface area contributed by atoms with Crippen molar-refractivity contribution in [2.75, 3.05) is 19.6 Å². The molecule has 5 heterocycles. The van der Waals surface area contributed by atoms with Crippen LogP contribution in [0.3, 0.4) is 0 Å². The molecule has 6 heteroatoms. The van der Waals surface area contributed by atoms with Gasteiger partial charge in [0, 0.05) is 49.3 Å². The molecule has 3 aliphatic heterocycles. The molecule has 0 aromatic carbocycles. The molecule has 6 nitrogen and oxygen atoms in total. The Morgan fingerprint density at radius 3 is 2.83 bits per heavy atom. The molecule has 29 heavy (non-hydrogen) atoms. The highest BCUT2D eigenvalue weighted by Crippen LogP contribution is 2.35. The summed E-state index contributed by atoms with van der Waals surface area (Å²) in [5.41, 5.74) is 3.44. The number of carbonyl (C=O) groups excluding carboxylic acids is 1. The predicted octanol–water partition coefficient (Wildman–Crippen LogP) is 3.05. The van der Waals surface area contributed by atoms with Crippen LogP contribution in [-0.2, 0) is 17.8 Å². The predicted molar refractivity (Wildman–Crippen MR) is 112 cm³/mol. The molecule has 0 aliphatic carbocycles. The van der Waals surface area contributed by atoms with Crippen molar-refractivity contribution >= 4 is 5.91 Å². The molecule has 5 rings (SSSR count). The van der Waals surface area contributed by atoms with E-state index in [0.29, 0.717) is 18.5 Å². The number of carbonyl (C=O) groups is 1. The van der Waals surface area contributed by atoms with Crippen LogP contribution in [0.4, 0.5) is 0 Å². The van der Waals surface area contributed by atoms with Crippen LogP contribution in [0.2, 0.25) is 0 Å². The van der Waals surface area contributed by atoms with Crippen molar-refractivity contribution in [3.63, 3.8) is 0 Å². The lowest BCUT2D eigenvalue weighted by atomic mass is 9.87. The Hall–Kier alpha value is -2.21. The van der Waals surface area contributed by atoms with Crippen molar-refractivity contribution in [2.45, 2.75) is 58.5 Å². The number of rotatable bonds is 2. The molecule has 1 amide bonds. The van der Waals surface area contributed by atoms with Gasteiger partial charge in [0.05, 0.1) is 17.8 Å². The zero-order chi connectivity index (χ0) is 20.0. The molecular formula is C23H31N5O. The van der Waals surface area contributed by atoms with E-state index in [1.54, 1.807) is 12.4 Å². The van der Waals surface area contributed by atoms with Crippen LogP contribution >= 0.6 is 0 Å². The van der Waals surface area contributed by atoms with Crippen molar-refractivity contribution in [3.8, 4) is 5.69 Å². The molecule has 0 N–H and O–H groups in total. The summed E-state index contributed by atoms with van der Waals surface area (Å²) in [5, 5.41) is 4.67. The number of hydrogen-bond donors (Lipinski definition) is 0. The molecule has 2 fully saturated rings. The molecule has 2 unspecified atom stereocenters. The normalized spacial score (nSPS) is 26.6. The Bertz CT molecular complexity index is 876. The van der Waals surface area contributed by atoms with Crippen molar-refractivity contribution in [3.05, 3.63) is 42.0 Å². The van der Waals surface area contributed by atoms with Gasteiger partial charge in [-0.15, -0.1) is 0 Å². The first-order valence-corrected chi connectivity index (χ1v) is 11.0. The molecule has 0 bridgehead atoms. The fraction of sp³-hybridized carbons (Fsp3) is 0.609. The first-order chi connectivity index (χ1) is 14.0. The number of hydrogen-bond acceptors (Lipinski definition) is 4. The second-order valence-corrected chi connectivity index (χ2v) is 9.85. The maximum Gasteiger partial charge on any atom is 0.227 e. The molecule has 0 saturated carbocycles. The van der Waals surface area contributed by atoms with Gasteiger partial charge in [0.25, 0.3) is 0 Å². The van der Waals surface area contributed by atoms with Crippen LogP contribution < -0.4 is 0 Å². The van der Waals surface area contributed by atoms with E-state index in [2.05, 4.69) is 33.7 Å². The van der Waals surface area contributed by atoms with E-state index >= 15 is 0 Å². The van der Waals surface area contributed by atoms with Crippen LogP contribution in [-0.4, -0.2) is 56.1 Å². The minimum absolute atomic E-state index is 0.0113. The molecule has 3 aliphatic rings. The summed E-state index contributed by atoms with van der Waals surface area (Å²) >= 11 is 0. The molecule has 2 aromatic heterocycles. The van der Waals surface area contributed by atoms with E-state index in [4.69, 9.17) is 0 Å². The van der Waals surface area contributed by atoms with Gasteiger partial charge in [0.1, 0.15) is 0 Å². The van der Waals surface area contributed by atoms with Crippen LogP contribution in [0, 0.1) is 11.3 Å². The molecule has 0 radical (unpaired) electrons. The second-order valence-electron chi connectivity index (χ2n) is 9.85. The maximum atomic E-state index is 13.5. The van der Waals surface area contributed by atoms with Crippen LogP contribution in [0.15, 0.2) is 30.7 Å². The van der Waals surface area contributed by atoms with Gasteiger partial charge in [0.15, 0.2) is 0 Å². The largest absolute Gasteiger partial charge is 0.337 e. The summed E-state index contributed by atoms with van der Waals surface area (Å²) in [6.45, 7) is 8.13. The minimum atomic E-state index is 0.0113. The topological polar surface area (TPSA) is 54.3 Å². The zero-order valence-corrected chi connectivity index (χ0v) is 17.5. The summed E-state index contributed by atoms with van der Waals surface area (Å²) in [6, 6.07) is 4.61. The Morgan fingerprint density at radius 1 is 1.21 bits per heavy atom. The summed E-state index contributed by atoms with van der Waals surface area (Å²) in [4.78, 5) is 22.3. The smallest absolute Gasteiger partial charge is 0.227 e. The lowest BCUT2D eigenvalue weighted by Gasteiger charge is -2.31. The standard InChI is InChI=1S/C23H31N5O/c1-23(2)12-21-18(13-25-28(21)19-6-8-24-9-7-19)15-27(16-23)22(29)17-11-20-5-3-4-10-26(20)14-17/h6-9,13,17,20H,3-5,10-12,14-16H2,1-2H3. The van der Waals surface area contributed by atoms with E-state index in [-0.39, 0.29) is 11.3 Å². The van der Waals surface area contributed by atoms with E-state index in [1.807, 2.05) is 23.0 Å². The first-order valence-electron chi connectivity index (χ1n) is 11.0. The molecule has 2 saturated heterocycles. The summed E-state index contributed by atoms with van der Waals surface area (Å²) in [6.07, 6.45) is 11.4. The van der Waals surface area contributed by atoms with Gasteiger partial charge < -0.3 is 4.90 Å². The quantitative estimate of drug-likeness (QED) is 0.787. The number of nitrogens with zero attached hydrogens (tertiary/aromatic N) is 5. The maximum absolute atomic E-state index is 13.5. The molecular weight excluding hydrogens is 362 g/mol. The summed E-state index contributed by atoms with van der Waals surface area (Å²) in [7, 11) is 0. The van der Waals surface area contributed by atoms with E-state index in [1.165, 1.54) is 37.1 Å². The van der Waals surface area contributed by atoms with Crippen LogP contribution in [0.5, 0.6) is 0 Å². The van der Waals surface area contributed by atoms with Crippen molar-refractivity contribution in [2.24, 2.45) is 11.3 Å². The van der Waals surface area contributed by atoms with E-state index in [0.717, 1.165) is 31.6 Å². The van der Waals surface area contributed by atoms with Gasteiger partial charge in [-0.3, -0.25) is 14.7 Å². The molecule has 2 aromatic rings. The second kappa shape index (κ2) is 7.24. The van der Waals surface area contributed by atoms with Crippen molar-refractivity contribution in [1.82, 2.24) is 24.6 Å². The summed E-state index contributed by atoms with van der Waals surface area (Å²) < 4.78 is 2.03. The third kappa shape index (κ3) is 3.59. The van der Waals surface area contributed by atoms with E-state index < -0.39 is 0 Å². The molecule has 154 valence electrons. The Labute approximate surface area is 172 Å². The Balaban J connectivity index is 1.40. The van der Waals surface area contributed by atoms with Gasteiger partial charge in [-0.05, 0) is 49.8 Å². The van der Waals surface area contributed by atoms with Crippen molar-refractivity contribution < 1.29 is 4.79 Å². The average molecular weight is 394 g/mol. The monoisotopic (exact) mass is 393 g/mol. The number of amides is 1. The number of pyridine rings is 1. The lowest BCUT2D eigenvalue weighted by Crippen LogP contribution is -2.41. The van der Waals surface area contributed by atoms with Gasteiger partial charge in [-0.1, -0.05) is 20.3 Å². The van der Waals surface area contributed by atoms with Gasteiger partial charge in [0.2, 0.25) is 5.91 Å².